The number of Topliss-reactive ketones (excluding diaryl/α,β-unsaturated/α-hetero) is 1. The van der Waals surface area contributed by atoms with Crippen LogP contribution in [0.25, 0.3) is 11.1 Å². The van der Waals surface area contributed by atoms with Crippen LogP contribution in [0.2, 0.25) is 5.02 Å². The van der Waals surface area contributed by atoms with Gasteiger partial charge in [0, 0.05) is 22.7 Å². The highest BCUT2D eigenvalue weighted by atomic mass is 35.5. The molecule has 1 atom stereocenters. The average molecular weight is 492 g/mol. The zero-order chi connectivity index (χ0) is 25.2. The fourth-order valence-electron chi connectivity index (χ4n) is 3.84. The Hall–Kier alpha value is -3.44. The van der Waals surface area contributed by atoms with E-state index in [1.54, 1.807) is 31.2 Å². The van der Waals surface area contributed by atoms with Crippen LogP contribution in [0.5, 0.6) is 0 Å². The monoisotopic (exact) mass is 491 g/mol. The standard InChI is InChI=1S/C29H30ClNO4/c1-3-5-24(29(34)35-4-2)19-27(32)23-10-8-21(9-11-23)22-12-16-26(17-13-22)31-28(33)18-20-6-14-25(30)15-7-20/h6-17,24H,3-5,18-19H2,1-2H3,(H,31,33). The molecule has 0 fully saturated rings. The summed E-state index contributed by atoms with van der Waals surface area (Å²) in [5.74, 6) is -0.886. The lowest BCUT2D eigenvalue weighted by Crippen LogP contribution is -2.21. The molecule has 0 aliphatic heterocycles. The number of esters is 1. The van der Waals surface area contributed by atoms with Crippen molar-refractivity contribution in [3.63, 3.8) is 0 Å². The van der Waals surface area contributed by atoms with E-state index in [1.807, 2.05) is 55.5 Å². The molecular weight excluding hydrogens is 462 g/mol. The maximum absolute atomic E-state index is 12.7. The lowest BCUT2D eigenvalue weighted by Gasteiger charge is -2.14. The van der Waals surface area contributed by atoms with Gasteiger partial charge in [-0.25, -0.2) is 0 Å². The average Bonchev–Trinajstić information content (AvgIpc) is 2.86. The second-order valence-electron chi connectivity index (χ2n) is 8.37. The number of carbonyl (C=O) groups excluding carboxylic acids is 3. The molecule has 182 valence electrons. The van der Waals surface area contributed by atoms with Crippen LogP contribution in [0.1, 0.15) is 49.0 Å². The van der Waals surface area contributed by atoms with Crippen molar-refractivity contribution in [1.82, 2.24) is 0 Å². The van der Waals surface area contributed by atoms with Gasteiger partial charge in [-0.1, -0.05) is 73.5 Å². The Morgan fingerprint density at radius 1 is 0.857 bits per heavy atom. The summed E-state index contributed by atoms with van der Waals surface area (Å²) in [5, 5.41) is 3.54. The van der Waals surface area contributed by atoms with Gasteiger partial charge in [-0.2, -0.15) is 0 Å². The third-order valence-electron chi connectivity index (χ3n) is 5.68. The van der Waals surface area contributed by atoms with Crippen molar-refractivity contribution in [1.29, 1.82) is 0 Å². The van der Waals surface area contributed by atoms with Crippen molar-refractivity contribution < 1.29 is 19.1 Å². The Labute approximate surface area is 211 Å². The Morgan fingerprint density at radius 3 is 2.03 bits per heavy atom. The molecule has 3 rings (SSSR count). The summed E-state index contributed by atoms with van der Waals surface area (Å²) in [6.07, 6.45) is 1.86. The van der Waals surface area contributed by atoms with Gasteiger partial charge in [0.25, 0.3) is 0 Å². The summed E-state index contributed by atoms with van der Waals surface area (Å²) in [5.41, 5.74) is 4.10. The minimum atomic E-state index is -0.408. The quantitative estimate of drug-likeness (QED) is 0.238. The molecule has 0 radical (unpaired) electrons. The Morgan fingerprint density at radius 2 is 1.46 bits per heavy atom. The summed E-state index contributed by atoms with van der Waals surface area (Å²) in [4.78, 5) is 37.2. The van der Waals surface area contributed by atoms with E-state index in [0.29, 0.717) is 29.3 Å². The van der Waals surface area contributed by atoms with Crippen LogP contribution in [0.15, 0.2) is 72.8 Å². The molecule has 3 aromatic rings. The highest BCUT2D eigenvalue weighted by Gasteiger charge is 2.23. The van der Waals surface area contributed by atoms with Crippen molar-refractivity contribution in [3.05, 3.63) is 88.9 Å². The van der Waals surface area contributed by atoms with Crippen molar-refractivity contribution >= 4 is 34.9 Å². The Balaban J connectivity index is 1.59. The lowest BCUT2D eigenvalue weighted by molar-refractivity contribution is -0.148. The molecule has 0 spiro atoms. The van der Waals surface area contributed by atoms with E-state index in [-0.39, 0.29) is 30.5 Å². The maximum Gasteiger partial charge on any atom is 0.309 e. The minimum Gasteiger partial charge on any atom is -0.466 e. The van der Waals surface area contributed by atoms with Gasteiger partial charge in [0.15, 0.2) is 5.78 Å². The number of carbonyl (C=O) groups is 3. The first-order chi connectivity index (χ1) is 16.9. The molecule has 0 bridgehead atoms. The number of hydrogen-bond donors (Lipinski definition) is 1. The molecule has 0 saturated carbocycles. The van der Waals surface area contributed by atoms with E-state index in [1.165, 1.54) is 0 Å². The number of amides is 1. The first kappa shape index (κ1) is 26.2. The van der Waals surface area contributed by atoms with Gasteiger partial charge in [-0.3, -0.25) is 14.4 Å². The zero-order valence-corrected chi connectivity index (χ0v) is 20.8. The molecule has 6 heteroatoms. The fourth-order valence-corrected chi connectivity index (χ4v) is 3.97. The van der Waals surface area contributed by atoms with E-state index in [2.05, 4.69) is 5.32 Å². The van der Waals surface area contributed by atoms with E-state index >= 15 is 0 Å². The van der Waals surface area contributed by atoms with Crippen LogP contribution in [-0.4, -0.2) is 24.3 Å². The molecule has 0 aromatic heterocycles. The second-order valence-corrected chi connectivity index (χ2v) is 8.81. The van der Waals surface area contributed by atoms with Gasteiger partial charge in [-0.05, 0) is 54.3 Å². The summed E-state index contributed by atoms with van der Waals surface area (Å²) in [7, 11) is 0. The van der Waals surface area contributed by atoms with Crippen molar-refractivity contribution in [2.45, 2.75) is 39.5 Å². The lowest BCUT2D eigenvalue weighted by atomic mass is 9.93. The predicted octanol–water partition coefficient (Wildman–Crippen LogP) is 6.74. The van der Waals surface area contributed by atoms with E-state index in [9.17, 15) is 14.4 Å². The Bertz CT molecular complexity index is 1140. The first-order valence-electron chi connectivity index (χ1n) is 11.8. The molecule has 0 aliphatic carbocycles. The molecule has 5 nitrogen and oxygen atoms in total. The van der Waals surface area contributed by atoms with Crippen LogP contribution < -0.4 is 5.32 Å². The first-order valence-corrected chi connectivity index (χ1v) is 12.2. The second kappa shape index (κ2) is 12.9. The van der Waals surface area contributed by atoms with Gasteiger partial charge in [0.05, 0.1) is 18.9 Å². The van der Waals surface area contributed by atoms with Gasteiger partial charge >= 0.3 is 5.97 Å². The fraction of sp³-hybridized carbons (Fsp3) is 0.276. The molecule has 3 aromatic carbocycles. The minimum absolute atomic E-state index is 0.0678. The number of rotatable bonds is 11. The van der Waals surface area contributed by atoms with E-state index < -0.39 is 5.92 Å². The number of halogens is 1. The molecule has 1 N–H and O–H groups in total. The summed E-state index contributed by atoms with van der Waals surface area (Å²) in [6, 6.07) is 22.1. The van der Waals surface area contributed by atoms with Crippen molar-refractivity contribution in [3.8, 4) is 11.1 Å². The van der Waals surface area contributed by atoms with Crippen molar-refractivity contribution in [2.75, 3.05) is 11.9 Å². The highest BCUT2D eigenvalue weighted by Crippen LogP contribution is 2.24. The number of ether oxygens (including phenoxy) is 1. The Kier molecular flexibility index (Phi) is 9.62. The predicted molar refractivity (Wildman–Crippen MR) is 140 cm³/mol. The largest absolute Gasteiger partial charge is 0.466 e. The smallest absolute Gasteiger partial charge is 0.309 e. The molecule has 1 amide bonds. The van der Waals surface area contributed by atoms with E-state index in [0.717, 1.165) is 23.1 Å². The zero-order valence-electron chi connectivity index (χ0n) is 20.1. The molecule has 0 heterocycles. The third-order valence-corrected chi connectivity index (χ3v) is 5.93. The highest BCUT2D eigenvalue weighted by molar-refractivity contribution is 6.30. The maximum atomic E-state index is 12.7. The van der Waals surface area contributed by atoms with Gasteiger partial charge in [0.1, 0.15) is 0 Å². The molecular formula is C29H30ClNO4. The van der Waals surface area contributed by atoms with Gasteiger partial charge in [0.2, 0.25) is 5.91 Å². The summed E-state index contributed by atoms with van der Waals surface area (Å²) in [6.45, 7) is 4.07. The van der Waals surface area contributed by atoms with Crippen LogP contribution in [0.3, 0.4) is 0 Å². The third kappa shape index (κ3) is 7.79. The van der Waals surface area contributed by atoms with E-state index in [4.69, 9.17) is 16.3 Å². The normalized spacial score (nSPS) is 11.5. The SMILES string of the molecule is CCCC(CC(=O)c1ccc(-c2ccc(NC(=O)Cc3ccc(Cl)cc3)cc2)cc1)C(=O)OCC. The number of nitrogens with one attached hydrogen (secondary N) is 1. The van der Waals surface area contributed by atoms with Gasteiger partial charge in [-0.15, -0.1) is 0 Å². The van der Waals surface area contributed by atoms with Gasteiger partial charge < -0.3 is 10.1 Å². The molecule has 0 aliphatic rings. The molecule has 1 unspecified atom stereocenters. The summed E-state index contributed by atoms with van der Waals surface area (Å²) >= 11 is 5.89. The van der Waals surface area contributed by atoms with Crippen molar-refractivity contribution in [2.24, 2.45) is 5.92 Å². The van der Waals surface area contributed by atoms with Crippen LogP contribution >= 0.6 is 11.6 Å². The summed E-state index contributed by atoms with van der Waals surface area (Å²) < 4.78 is 5.12. The molecule has 0 saturated heterocycles. The number of hydrogen-bond acceptors (Lipinski definition) is 4. The molecule has 35 heavy (non-hydrogen) atoms. The topological polar surface area (TPSA) is 72.5 Å². The number of anilines is 1. The van der Waals surface area contributed by atoms with Crippen LogP contribution in [0.4, 0.5) is 5.69 Å². The van der Waals surface area contributed by atoms with Crippen LogP contribution in [0, 0.1) is 5.92 Å². The number of ketones is 1. The number of benzene rings is 3. The van der Waals surface area contributed by atoms with Crippen LogP contribution in [-0.2, 0) is 20.7 Å².